The van der Waals surface area contributed by atoms with Gasteiger partial charge in [0.15, 0.2) is 0 Å². The SMILES string of the molecule is N#Cc1ccc(-c2cc(-c3ccc(C#N)cc3C(F)(F)F)ccc2-n2c3ccccc3c3cc(-n4c5ccccc5c5ccccc54)ccc32)c(-n2c3ccccc3c3cc(-n4c5ccccc5c5ccccc54)ccc32)c1. The molecule has 0 atom stereocenters. The maximum atomic E-state index is 15.2. The molecule has 0 bridgehead atoms. The lowest BCUT2D eigenvalue weighted by molar-refractivity contribution is -0.137. The van der Waals surface area contributed by atoms with Crippen molar-refractivity contribution in [2.75, 3.05) is 0 Å². The van der Waals surface area contributed by atoms with Gasteiger partial charge in [-0.15, -0.1) is 0 Å². The van der Waals surface area contributed by atoms with Crippen LogP contribution in [0.2, 0.25) is 0 Å². The van der Waals surface area contributed by atoms with E-state index < -0.39 is 11.7 Å². The van der Waals surface area contributed by atoms with E-state index in [4.69, 9.17) is 0 Å². The zero-order chi connectivity index (χ0) is 52.4. The van der Waals surface area contributed by atoms with Crippen LogP contribution in [0, 0.1) is 22.7 Å². The molecule has 11 aromatic carbocycles. The van der Waals surface area contributed by atoms with Gasteiger partial charge in [-0.1, -0.05) is 127 Å². The first-order valence-electron chi connectivity index (χ1n) is 25.6. The van der Waals surface area contributed by atoms with E-state index in [1.54, 1.807) is 12.1 Å². The molecule has 366 valence electrons. The largest absolute Gasteiger partial charge is 0.417 e. The molecule has 9 heteroatoms. The second-order valence-electron chi connectivity index (χ2n) is 19.8. The number of aromatic nitrogens is 4. The highest BCUT2D eigenvalue weighted by atomic mass is 19.4. The third-order valence-corrected chi connectivity index (χ3v) is 15.6. The van der Waals surface area contributed by atoms with Gasteiger partial charge >= 0.3 is 6.18 Å². The first-order chi connectivity index (χ1) is 38.2. The number of nitriles is 2. The maximum Gasteiger partial charge on any atom is 0.417 e. The minimum Gasteiger partial charge on any atom is -0.309 e. The van der Waals surface area contributed by atoms with E-state index in [1.165, 1.54) is 12.1 Å². The Balaban J connectivity index is 1.01. The van der Waals surface area contributed by atoms with Crippen molar-refractivity contribution in [1.82, 2.24) is 18.3 Å². The van der Waals surface area contributed by atoms with Crippen molar-refractivity contribution in [3.8, 4) is 57.1 Å². The van der Waals surface area contributed by atoms with Crippen LogP contribution < -0.4 is 0 Å². The van der Waals surface area contributed by atoms with Crippen LogP contribution in [0.25, 0.3) is 132 Å². The molecule has 0 aliphatic carbocycles. The molecule has 15 aromatic rings. The number of nitrogens with zero attached hydrogens (tertiary/aromatic N) is 6. The van der Waals surface area contributed by atoms with Crippen LogP contribution in [0.5, 0.6) is 0 Å². The quantitative estimate of drug-likeness (QED) is 0.167. The Labute approximate surface area is 443 Å². The van der Waals surface area contributed by atoms with Gasteiger partial charge in [-0.2, -0.15) is 23.7 Å². The molecule has 0 saturated heterocycles. The standard InChI is InChI=1S/C69H39F3N6/c70-69(71,72)58-35-42(40-73)25-30-47(58)44-27-32-65(77-63-23-11-5-17-52(63)56-38-45(28-33-66(56)77)75-59-19-7-1-13-48(59)49-14-2-8-20-60(49)75)55(37-44)54-31-26-43(41-74)36-68(54)78-64-24-12-6-18-53(64)57-39-46(29-34-67(57)78)76-61-21-9-3-15-50(61)51-16-4-10-22-62(51)76/h1-39H. The lowest BCUT2D eigenvalue weighted by atomic mass is 9.92. The maximum absolute atomic E-state index is 15.2. The summed E-state index contributed by atoms with van der Waals surface area (Å²) in [5, 5.41) is 29.0. The monoisotopic (exact) mass is 1010 g/mol. The molecule has 0 saturated carbocycles. The van der Waals surface area contributed by atoms with Crippen molar-refractivity contribution in [1.29, 1.82) is 10.5 Å². The van der Waals surface area contributed by atoms with Crippen molar-refractivity contribution in [2.24, 2.45) is 0 Å². The van der Waals surface area contributed by atoms with Crippen LogP contribution in [0.3, 0.4) is 0 Å². The Morgan fingerprint density at radius 2 is 0.667 bits per heavy atom. The number of benzene rings is 11. The van der Waals surface area contributed by atoms with E-state index in [0.29, 0.717) is 27.9 Å². The highest BCUT2D eigenvalue weighted by Gasteiger charge is 2.35. The first kappa shape index (κ1) is 44.8. The lowest BCUT2D eigenvalue weighted by Crippen LogP contribution is -2.08. The molecule has 0 amide bonds. The molecule has 0 fully saturated rings. The van der Waals surface area contributed by atoms with E-state index in [-0.39, 0.29) is 11.1 Å². The van der Waals surface area contributed by atoms with E-state index >= 15 is 13.2 Å². The minimum atomic E-state index is -4.76. The van der Waals surface area contributed by atoms with Gasteiger partial charge < -0.3 is 18.3 Å². The summed E-state index contributed by atoms with van der Waals surface area (Å²) < 4.78 is 54.5. The van der Waals surface area contributed by atoms with Crippen molar-refractivity contribution in [2.45, 2.75) is 6.18 Å². The molecule has 0 aliphatic heterocycles. The molecule has 15 rings (SSSR count). The molecule has 78 heavy (non-hydrogen) atoms. The first-order valence-corrected chi connectivity index (χ1v) is 25.6. The Bertz CT molecular complexity index is 5020. The summed E-state index contributed by atoms with van der Waals surface area (Å²) in [7, 11) is 0. The Hall–Kier alpha value is -10.6. The van der Waals surface area contributed by atoms with Gasteiger partial charge in [0.05, 0.1) is 84.3 Å². The normalized spacial score (nSPS) is 12.0. The summed E-state index contributed by atoms with van der Waals surface area (Å²) >= 11 is 0. The van der Waals surface area contributed by atoms with Crippen LogP contribution >= 0.6 is 0 Å². The molecule has 4 aromatic heterocycles. The van der Waals surface area contributed by atoms with Gasteiger partial charge in [-0.25, -0.2) is 0 Å². The molecular formula is C69H39F3N6. The smallest absolute Gasteiger partial charge is 0.309 e. The summed E-state index contributed by atoms with van der Waals surface area (Å²) in [6.07, 6.45) is -4.76. The average Bonchev–Trinajstić information content (AvgIpc) is 4.36. The highest BCUT2D eigenvalue weighted by molar-refractivity contribution is 6.15. The molecule has 6 nitrogen and oxygen atoms in total. The van der Waals surface area contributed by atoms with E-state index in [2.05, 4.69) is 182 Å². The Morgan fingerprint density at radius 3 is 1.10 bits per heavy atom. The van der Waals surface area contributed by atoms with Crippen LogP contribution in [0.4, 0.5) is 13.2 Å². The molecule has 0 N–H and O–H groups in total. The predicted molar refractivity (Wildman–Crippen MR) is 309 cm³/mol. The van der Waals surface area contributed by atoms with Gasteiger partial charge in [0.25, 0.3) is 0 Å². The van der Waals surface area contributed by atoms with E-state index in [9.17, 15) is 10.5 Å². The van der Waals surface area contributed by atoms with Crippen molar-refractivity contribution >= 4 is 87.2 Å². The fraction of sp³-hybridized carbons (Fsp3) is 0.0145. The van der Waals surface area contributed by atoms with Gasteiger partial charge in [-0.3, -0.25) is 0 Å². The second kappa shape index (κ2) is 17.0. The number of para-hydroxylation sites is 6. The van der Waals surface area contributed by atoms with Crippen LogP contribution in [0.15, 0.2) is 237 Å². The summed E-state index contributed by atoms with van der Waals surface area (Å²) in [5.74, 6) is 0. The summed E-state index contributed by atoms with van der Waals surface area (Å²) in [6.45, 7) is 0. The molecule has 0 aliphatic rings. The Morgan fingerprint density at radius 1 is 0.295 bits per heavy atom. The summed E-state index contributed by atoms with van der Waals surface area (Å²) in [5.41, 5.74) is 12.3. The van der Waals surface area contributed by atoms with Crippen LogP contribution in [-0.2, 0) is 6.18 Å². The van der Waals surface area contributed by atoms with Gasteiger partial charge in [-0.05, 0) is 120 Å². The topological polar surface area (TPSA) is 67.3 Å². The number of alkyl halides is 3. The molecule has 4 heterocycles. The van der Waals surface area contributed by atoms with Crippen LogP contribution in [-0.4, -0.2) is 18.3 Å². The molecular weight excluding hydrogens is 970 g/mol. The van der Waals surface area contributed by atoms with E-state index in [0.717, 1.165) is 110 Å². The second-order valence-corrected chi connectivity index (χ2v) is 19.8. The molecule has 0 unspecified atom stereocenters. The van der Waals surface area contributed by atoms with E-state index in [1.807, 2.05) is 54.6 Å². The van der Waals surface area contributed by atoms with Crippen molar-refractivity contribution in [3.63, 3.8) is 0 Å². The lowest BCUT2D eigenvalue weighted by Gasteiger charge is -2.21. The van der Waals surface area contributed by atoms with Gasteiger partial charge in [0.1, 0.15) is 0 Å². The van der Waals surface area contributed by atoms with Gasteiger partial charge in [0.2, 0.25) is 0 Å². The number of fused-ring (bicyclic) bond motifs is 12. The fourth-order valence-electron chi connectivity index (χ4n) is 12.3. The minimum absolute atomic E-state index is 0.0583. The number of rotatable bonds is 6. The average molecular weight is 1010 g/mol. The summed E-state index contributed by atoms with van der Waals surface area (Å²) in [6, 6.07) is 82.2. The summed E-state index contributed by atoms with van der Waals surface area (Å²) in [4.78, 5) is 0. The zero-order valence-corrected chi connectivity index (χ0v) is 41.3. The fourth-order valence-corrected chi connectivity index (χ4v) is 12.3. The zero-order valence-electron chi connectivity index (χ0n) is 41.3. The highest BCUT2D eigenvalue weighted by Crippen LogP contribution is 2.46. The number of hydrogen-bond acceptors (Lipinski definition) is 2. The third-order valence-electron chi connectivity index (χ3n) is 15.6. The van der Waals surface area contributed by atoms with Crippen molar-refractivity contribution in [3.05, 3.63) is 253 Å². The predicted octanol–water partition coefficient (Wildman–Crippen LogP) is 18.2. The number of hydrogen-bond donors (Lipinski definition) is 0. The molecule has 0 radical (unpaired) electrons. The molecule has 0 spiro atoms. The van der Waals surface area contributed by atoms with Gasteiger partial charge in [0, 0.05) is 65.6 Å². The third kappa shape index (κ3) is 6.62. The van der Waals surface area contributed by atoms with Crippen LogP contribution in [0.1, 0.15) is 16.7 Å². The Kier molecular flexibility index (Phi) is 9.75. The van der Waals surface area contributed by atoms with Crippen molar-refractivity contribution < 1.29 is 13.2 Å². The number of halogens is 3.